The van der Waals surface area contributed by atoms with Crippen LogP contribution in [0.5, 0.6) is 5.75 Å². The monoisotopic (exact) mass is 280 g/mol. The lowest BCUT2D eigenvalue weighted by Crippen LogP contribution is -1.94. The first-order valence-corrected chi connectivity index (χ1v) is 6.64. The van der Waals surface area contributed by atoms with Crippen LogP contribution in [0, 0.1) is 0 Å². The quantitative estimate of drug-likeness (QED) is 0.915. The molecule has 1 heterocycles. The van der Waals surface area contributed by atoms with Crippen molar-refractivity contribution >= 4 is 35.1 Å². The van der Waals surface area contributed by atoms with E-state index in [4.69, 9.17) is 16.3 Å². The number of halogens is 1. The molecule has 0 saturated heterocycles. The molecule has 1 N–H and O–H groups in total. The lowest BCUT2D eigenvalue weighted by atomic mass is 10.1. The fourth-order valence-electron chi connectivity index (χ4n) is 1.69. The van der Waals surface area contributed by atoms with Gasteiger partial charge in [0.25, 0.3) is 0 Å². The molecule has 0 aliphatic rings. The minimum atomic E-state index is -0.0467. The van der Waals surface area contributed by atoms with Gasteiger partial charge in [-0.1, -0.05) is 29.8 Å². The number of aliphatic hydroxyl groups is 1. The molecule has 0 bridgehead atoms. The molecule has 2 nitrogen and oxygen atoms in total. The minimum Gasteiger partial charge on any atom is -0.496 e. The molecule has 2 aromatic rings. The van der Waals surface area contributed by atoms with E-state index in [1.165, 1.54) is 11.3 Å². The Labute approximate surface area is 115 Å². The summed E-state index contributed by atoms with van der Waals surface area (Å²) in [6.07, 6.45) is 3.93. The van der Waals surface area contributed by atoms with Gasteiger partial charge in [-0.2, -0.15) is 0 Å². The number of ether oxygens (including phenoxy) is 1. The van der Waals surface area contributed by atoms with Gasteiger partial charge in [0.1, 0.15) is 5.75 Å². The van der Waals surface area contributed by atoms with Crippen molar-refractivity contribution in [2.75, 3.05) is 7.11 Å². The van der Waals surface area contributed by atoms with E-state index < -0.39 is 0 Å². The second-order valence-electron chi connectivity index (χ2n) is 3.66. The van der Waals surface area contributed by atoms with Crippen LogP contribution in [0.1, 0.15) is 16.0 Å². The SMILES string of the molecule is COc1cccc(C=Cc2ccc(Cl)s2)c1CO. The van der Waals surface area contributed by atoms with E-state index in [-0.39, 0.29) is 6.61 Å². The lowest BCUT2D eigenvalue weighted by Gasteiger charge is -2.08. The van der Waals surface area contributed by atoms with Crippen molar-refractivity contribution in [3.63, 3.8) is 0 Å². The number of hydrogen-bond acceptors (Lipinski definition) is 3. The molecular weight excluding hydrogens is 268 g/mol. The van der Waals surface area contributed by atoms with Crippen molar-refractivity contribution in [2.24, 2.45) is 0 Å². The Kier molecular flexibility index (Phi) is 4.42. The highest BCUT2D eigenvalue weighted by atomic mass is 35.5. The summed E-state index contributed by atoms with van der Waals surface area (Å²) < 4.78 is 5.99. The van der Waals surface area contributed by atoms with Crippen LogP contribution in [0.25, 0.3) is 12.2 Å². The Morgan fingerprint density at radius 1 is 1.28 bits per heavy atom. The summed E-state index contributed by atoms with van der Waals surface area (Å²) in [5, 5.41) is 9.40. The van der Waals surface area contributed by atoms with Gasteiger partial charge in [0.2, 0.25) is 0 Å². The van der Waals surface area contributed by atoms with Gasteiger partial charge in [-0.25, -0.2) is 0 Å². The summed E-state index contributed by atoms with van der Waals surface area (Å²) in [6.45, 7) is -0.0467. The zero-order valence-electron chi connectivity index (χ0n) is 9.89. The Morgan fingerprint density at radius 2 is 2.11 bits per heavy atom. The Balaban J connectivity index is 2.31. The molecule has 2 rings (SSSR count). The molecule has 0 unspecified atom stereocenters. The van der Waals surface area contributed by atoms with E-state index in [2.05, 4.69) is 0 Å². The largest absolute Gasteiger partial charge is 0.496 e. The van der Waals surface area contributed by atoms with Crippen LogP contribution in [0.2, 0.25) is 4.34 Å². The maximum atomic E-state index is 9.40. The molecule has 4 heteroatoms. The first-order chi connectivity index (χ1) is 8.74. The average Bonchev–Trinajstić information content (AvgIpc) is 2.81. The van der Waals surface area contributed by atoms with E-state index in [9.17, 15) is 5.11 Å². The predicted molar refractivity (Wildman–Crippen MR) is 77.2 cm³/mol. The Hall–Kier alpha value is -1.29. The molecule has 0 amide bonds. The van der Waals surface area contributed by atoms with E-state index in [1.54, 1.807) is 7.11 Å². The molecule has 0 aliphatic heterocycles. The normalized spacial score (nSPS) is 11.1. The number of rotatable bonds is 4. The van der Waals surface area contributed by atoms with Crippen LogP contribution in [-0.4, -0.2) is 12.2 Å². The molecule has 18 heavy (non-hydrogen) atoms. The van der Waals surface area contributed by atoms with Gasteiger partial charge < -0.3 is 9.84 Å². The smallest absolute Gasteiger partial charge is 0.124 e. The zero-order valence-corrected chi connectivity index (χ0v) is 11.5. The molecule has 0 atom stereocenters. The summed E-state index contributed by atoms with van der Waals surface area (Å²) in [7, 11) is 1.60. The standard InChI is InChI=1S/C14H13ClO2S/c1-17-13-4-2-3-10(12(13)9-16)5-6-11-7-8-14(15)18-11/h2-8,16H,9H2,1H3. The average molecular weight is 281 g/mol. The summed E-state index contributed by atoms with van der Waals surface area (Å²) in [6, 6.07) is 9.51. The Morgan fingerprint density at radius 3 is 2.72 bits per heavy atom. The predicted octanol–water partition coefficient (Wildman–Crippen LogP) is 4.07. The molecule has 0 aliphatic carbocycles. The Bertz CT molecular complexity index is 561. The second kappa shape index (κ2) is 6.05. The number of thiophene rings is 1. The highest BCUT2D eigenvalue weighted by Gasteiger charge is 2.05. The third-order valence-corrected chi connectivity index (χ3v) is 3.76. The summed E-state index contributed by atoms with van der Waals surface area (Å²) in [4.78, 5) is 1.08. The first kappa shape index (κ1) is 13.1. The summed E-state index contributed by atoms with van der Waals surface area (Å²) >= 11 is 7.39. The fraction of sp³-hybridized carbons (Fsp3) is 0.143. The van der Waals surface area contributed by atoms with Gasteiger partial charge in [-0.3, -0.25) is 0 Å². The van der Waals surface area contributed by atoms with Crippen LogP contribution in [0.15, 0.2) is 30.3 Å². The van der Waals surface area contributed by atoms with Crippen molar-refractivity contribution in [2.45, 2.75) is 6.61 Å². The minimum absolute atomic E-state index is 0.0467. The van der Waals surface area contributed by atoms with Crippen molar-refractivity contribution in [3.8, 4) is 5.75 Å². The van der Waals surface area contributed by atoms with E-state index in [0.717, 1.165) is 20.3 Å². The van der Waals surface area contributed by atoms with Crippen LogP contribution in [0.4, 0.5) is 0 Å². The summed E-state index contributed by atoms with van der Waals surface area (Å²) in [5.74, 6) is 0.698. The van der Waals surface area contributed by atoms with Gasteiger partial charge in [-0.15, -0.1) is 11.3 Å². The van der Waals surface area contributed by atoms with Gasteiger partial charge >= 0.3 is 0 Å². The molecule has 0 saturated carbocycles. The van der Waals surface area contributed by atoms with E-state index >= 15 is 0 Å². The van der Waals surface area contributed by atoms with Crippen LogP contribution in [0.3, 0.4) is 0 Å². The topological polar surface area (TPSA) is 29.5 Å². The number of benzene rings is 1. The highest BCUT2D eigenvalue weighted by Crippen LogP contribution is 2.26. The maximum Gasteiger partial charge on any atom is 0.124 e. The lowest BCUT2D eigenvalue weighted by molar-refractivity contribution is 0.273. The van der Waals surface area contributed by atoms with E-state index in [0.29, 0.717) is 5.75 Å². The molecule has 0 fully saturated rings. The number of aliphatic hydroxyl groups excluding tert-OH is 1. The van der Waals surface area contributed by atoms with Crippen molar-refractivity contribution < 1.29 is 9.84 Å². The molecule has 1 aromatic heterocycles. The van der Waals surface area contributed by atoms with Gasteiger partial charge in [0.05, 0.1) is 18.1 Å². The molecule has 0 spiro atoms. The zero-order chi connectivity index (χ0) is 13.0. The number of hydrogen-bond donors (Lipinski definition) is 1. The highest BCUT2D eigenvalue weighted by molar-refractivity contribution is 7.17. The van der Waals surface area contributed by atoms with Crippen LogP contribution in [-0.2, 0) is 6.61 Å². The third-order valence-electron chi connectivity index (χ3n) is 2.57. The van der Waals surface area contributed by atoms with E-state index in [1.807, 2.05) is 42.5 Å². The van der Waals surface area contributed by atoms with Gasteiger partial charge in [-0.05, 0) is 29.8 Å². The maximum absolute atomic E-state index is 9.40. The van der Waals surface area contributed by atoms with Gasteiger partial charge in [0.15, 0.2) is 0 Å². The van der Waals surface area contributed by atoms with Gasteiger partial charge in [0, 0.05) is 10.4 Å². The molecule has 94 valence electrons. The van der Waals surface area contributed by atoms with Crippen LogP contribution >= 0.6 is 22.9 Å². The fourth-order valence-corrected chi connectivity index (χ4v) is 2.65. The molecular formula is C14H13ClO2S. The van der Waals surface area contributed by atoms with Crippen molar-refractivity contribution in [1.82, 2.24) is 0 Å². The second-order valence-corrected chi connectivity index (χ2v) is 5.41. The third kappa shape index (κ3) is 2.93. The first-order valence-electron chi connectivity index (χ1n) is 5.44. The summed E-state index contributed by atoms with van der Waals surface area (Å²) in [5.41, 5.74) is 1.74. The van der Waals surface area contributed by atoms with Crippen LogP contribution < -0.4 is 4.74 Å². The van der Waals surface area contributed by atoms with Crippen molar-refractivity contribution in [1.29, 1.82) is 0 Å². The molecule has 0 radical (unpaired) electrons. The number of methoxy groups -OCH3 is 1. The molecule has 1 aromatic carbocycles. The van der Waals surface area contributed by atoms with Crippen molar-refractivity contribution in [3.05, 3.63) is 50.7 Å².